The number of aryl methyl sites for hydroxylation is 1. The molecule has 0 fully saturated rings. The second kappa shape index (κ2) is 10.1. The summed E-state index contributed by atoms with van der Waals surface area (Å²) in [6.45, 7) is 2.85. The summed E-state index contributed by atoms with van der Waals surface area (Å²) in [7, 11) is -4.23. The van der Waals surface area contributed by atoms with Crippen molar-refractivity contribution in [1.29, 1.82) is 0 Å². The van der Waals surface area contributed by atoms with E-state index >= 15 is 0 Å². The molecule has 0 aliphatic carbocycles. The van der Waals surface area contributed by atoms with Gasteiger partial charge in [0.2, 0.25) is 0 Å². The number of fused-ring (bicyclic) bond motifs is 1. The fourth-order valence-electron chi connectivity index (χ4n) is 4.20. The predicted octanol–water partition coefficient (Wildman–Crippen LogP) is 6.35. The first-order valence-electron chi connectivity index (χ1n) is 11.7. The third-order valence-corrected chi connectivity index (χ3v) is 8.11. The molecular formula is C28H25N3O3S2. The van der Waals surface area contributed by atoms with Crippen LogP contribution in [-0.4, -0.2) is 23.1 Å². The lowest BCUT2D eigenvalue weighted by Crippen LogP contribution is -2.22. The maximum atomic E-state index is 12.7. The van der Waals surface area contributed by atoms with E-state index in [1.165, 1.54) is 23.5 Å². The molecule has 0 amide bonds. The van der Waals surface area contributed by atoms with Gasteiger partial charge in [-0.2, -0.15) is 8.42 Å². The van der Waals surface area contributed by atoms with Crippen molar-refractivity contribution in [1.82, 2.24) is 9.55 Å². The highest BCUT2D eigenvalue weighted by atomic mass is 32.2. The molecule has 0 aliphatic rings. The molecule has 0 saturated carbocycles. The number of carbonyl (C=O) groups excluding carboxylic acids is 1. The average Bonchev–Trinajstić information content (AvgIpc) is 3.49. The molecule has 5 aromatic rings. The normalized spacial score (nSPS) is 11.6. The van der Waals surface area contributed by atoms with E-state index in [1.807, 2.05) is 53.9 Å². The van der Waals surface area contributed by atoms with Gasteiger partial charge in [-0.15, -0.1) is 11.3 Å². The number of para-hydroxylation sites is 2. The summed E-state index contributed by atoms with van der Waals surface area (Å²) in [6, 6.07) is 26.1. The molecule has 0 unspecified atom stereocenters. The Morgan fingerprint density at radius 1 is 0.944 bits per heavy atom. The topological polar surface area (TPSA) is 81.1 Å². The lowest BCUT2D eigenvalue weighted by atomic mass is 10.1. The minimum Gasteiger partial charge on any atom is -0.323 e. The van der Waals surface area contributed by atoms with Crippen molar-refractivity contribution in [2.75, 3.05) is 4.72 Å². The van der Waals surface area contributed by atoms with Crippen molar-refractivity contribution in [3.8, 4) is 11.1 Å². The standard InChI is InChI=1S/C28H25N3O3S2/c1-2-8-26-29-24-11-6-7-12-25(24)31(26)19-20-13-15-21(16-14-20)23-17-18-35-27(23)30-36(33,34)28(32)22-9-4-3-5-10-22/h3-7,9-18,30H,2,8,19H2,1H3. The highest BCUT2D eigenvalue weighted by Crippen LogP contribution is 2.34. The Morgan fingerprint density at radius 2 is 1.67 bits per heavy atom. The van der Waals surface area contributed by atoms with Crippen molar-refractivity contribution >= 4 is 42.5 Å². The highest BCUT2D eigenvalue weighted by Gasteiger charge is 2.25. The number of hydrogen-bond acceptors (Lipinski definition) is 5. The molecule has 0 radical (unpaired) electrons. The summed E-state index contributed by atoms with van der Waals surface area (Å²) < 4.78 is 30.2. The van der Waals surface area contributed by atoms with Crippen LogP contribution in [0.25, 0.3) is 22.2 Å². The van der Waals surface area contributed by atoms with Gasteiger partial charge in [0.05, 0.1) is 11.0 Å². The monoisotopic (exact) mass is 515 g/mol. The third-order valence-electron chi connectivity index (χ3n) is 5.96. The molecule has 1 N–H and O–H groups in total. The summed E-state index contributed by atoms with van der Waals surface area (Å²) in [5.74, 6) is 1.07. The van der Waals surface area contributed by atoms with Crippen molar-refractivity contribution in [3.05, 3.63) is 107 Å². The van der Waals surface area contributed by atoms with Crippen LogP contribution < -0.4 is 4.72 Å². The molecule has 0 spiro atoms. The first-order chi connectivity index (χ1) is 17.5. The average molecular weight is 516 g/mol. The fourth-order valence-corrected chi connectivity index (χ4v) is 6.27. The van der Waals surface area contributed by atoms with E-state index in [4.69, 9.17) is 4.98 Å². The number of rotatable bonds is 8. The first-order valence-corrected chi connectivity index (χ1v) is 14.1. The van der Waals surface area contributed by atoms with E-state index in [0.717, 1.165) is 46.4 Å². The molecule has 2 aromatic heterocycles. The zero-order chi connectivity index (χ0) is 25.1. The van der Waals surface area contributed by atoms with E-state index in [2.05, 4.69) is 22.3 Å². The van der Waals surface area contributed by atoms with Gasteiger partial charge in [-0.1, -0.05) is 73.7 Å². The van der Waals surface area contributed by atoms with Crippen LogP contribution in [0.5, 0.6) is 0 Å². The molecule has 0 aliphatic heterocycles. The number of anilines is 1. The minimum atomic E-state index is -4.23. The summed E-state index contributed by atoms with van der Waals surface area (Å²) in [4.78, 5) is 17.4. The number of imidazole rings is 1. The van der Waals surface area contributed by atoms with E-state index in [1.54, 1.807) is 18.2 Å². The van der Waals surface area contributed by atoms with E-state index in [9.17, 15) is 13.2 Å². The minimum absolute atomic E-state index is 0.127. The summed E-state index contributed by atoms with van der Waals surface area (Å²) in [5, 5.41) is 1.27. The van der Waals surface area contributed by atoms with Crippen LogP contribution in [0.1, 0.15) is 35.1 Å². The molecule has 0 saturated heterocycles. The van der Waals surface area contributed by atoms with Crippen LogP contribution in [0.2, 0.25) is 0 Å². The first kappa shape index (κ1) is 24.0. The molecule has 36 heavy (non-hydrogen) atoms. The zero-order valence-corrected chi connectivity index (χ0v) is 21.4. The Kier molecular flexibility index (Phi) is 6.71. The molecule has 6 nitrogen and oxygen atoms in total. The molecule has 5 rings (SSSR count). The third kappa shape index (κ3) is 4.82. The Bertz CT molecular complexity index is 1620. The highest BCUT2D eigenvalue weighted by molar-refractivity contribution is 8.07. The van der Waals surface area contributed by atoms with Gasteiger partial charge in [0.25, 0.3) is 5.12 Å². The van der Waals surface area contributed by atoms with Gasteiger partial charge in [-0.3, -0.25) is 9.52 Å². The smallest absolute Gasteiger partial charge is 0.301 e. The number of hydrogen-bond donors (Lipinski definition) is 1. The van der Waals surface area contributed by atoms with Crippen molar-refractivity contribution in [2.45, 2.75) is 26.3 Å². The largest absolute Gasteiger partial charge is 0.323 e. The predicted molar refractivity (Wildman–Crippen MR) is 146 cm³/mol. The van der Waals surface area contributed by atoms with Gasteiger partial charge in [0.1, 0.15) is 10.8 Å². The Balaban J connectivity index is 1.38. The van der Waals surface area contributed by atoms with Crippen LogP contribution in [0.4, 0.5) is 5.00 Å². The summed E-state index contributed by atoms with van der Waals surface area (Å²) in [6.07, 6.45) is 1.93. The number of aromatic nitrogens is 2. The van der Waals surface area contributed by atoms with Crippen molar-refractivity contribution in [3.63, 3.8) is 0 Å². The zero-order valence-electron chi connectivity index (χ0n) is 19.7. The molecule has 2 heterocycles. The van der Waals surface area contributed by atoms with Gasteiger partial charge < -0.3 is 4.57 Å². The fraction of sp³-hybridized carbons (Fsp3) is 0.143. The van der Waals surface area contributed by atoms with Crippen LogP contribution in [-0.2, 0) is 23.0 Å². The Hall–Kier alpha value is -3.75. The maximum absolute atomic E-state index is 12.7. The van der Waals surface area contributed by atoms with Crippen LogP contribution in [0.3, 0.4) is 0 Å². The van der Waals surface area contributed by atoms with Crippen molar-refractivity contribution < 1.29 is 13.2 Å². The molecule has 0 bridgehead atoms. The van der Waals surface area contributed by atoms with E-state index in [0.29, 0.717) is 11.5 Å². The SMILES string of the molecule is CCCc1nc2ccccc2n1Cc1ccc(-c2ccsc2NS(=O)(=O)C(=O)c2ccccc2)cc1. The molecule has 3 aromatic carbocycles. The Morgan fingerprint density at radius 3 is 2.42 bits per heavy atom. The second-order valence-corrected chi connectivity index (χ2v) is 11.0. The number of thiophene rings is 1. The van der Waals surface area contributed by atoms with Crippen LogP contribution in [0.15, 0.2) is 90.3 Å². The lowest BCUT2D eigenvalue weighted by Gasteiger charge is -2.11. The van der Waals surface area contributed by atoms with Crippen LogP contribution >= 0.6 is 11.3 Å². The van der Waals surface area contributed by atoms with Gasteiger partial charge in [0.15, 0.2) is 0 Å². The van der Waals surface area contributed by atoms with Gasteiger partial charge >= 0.3 is 10.0 Å². The summed E-state index contributed by atoms with van der Waals surface area (Å²) in [5.41, 5.74) is 4.96. The number of carbonyl (C=O) groups is 1. The lowest BCUT2D eigenvalue weighted by molar-refractivity contribution is 0.107. The quantitative estimate of drug-likeness (QED) is 0.261. The van der Waals surface area contributed by atoms with Crippen LogP contribution in [0, 0.1) is 0 Å². The van der Waals surface area contributed by atoms with Gasteiger partial charge in [-0.25, -0.2) is 4.98 Å². The second-order valence-electron chi connectivity index (χ2n) is 8.47. The molecule has 182 valence electrons. The van der Waals surface area contributed by atoms with E-state index < -0.39 is 15.1 Å². The van der Waals surface area contributed by atoms with E-state index in [-0.39, 0.29) is 5.56 Å². The number of nitrogens with one attached hydrogen (secondary N) is 1. The number of nitrogens with zero attached hydrogens (tertiary/aromatic N) is 2. The molecular weight excluding hydrogens is 490 g/mol. The van der Waals surface area contributed by atoms with Gasteiger partial charge in [0, 0.05) is 24.1 Å². The number of sulfonamides is 1. The Labute approximate surface area is 214 Å². The molecule has 8 heteroatoms. The van der Waals surface area contributed by atoms with Gasteiger partial charge in [-0.05, 0) is 41.1 Å². The maximum Gasteiger partial charge on any atom is 0.301 e. The summed E-state index contributed by atoms with van der Waals surface area (Å²) >= 11 is 1.25. The molecule has 0 atom stereocenters. The number of benzene rings is 3. The van der Waals surface area contributed by atoms with Crippen molar-refractivity contribution in [2.24, 2.45) is 0 Å².